The van der Waals surface area contributed by atoms with Crippen LogP contribution in [0.5, 0.6) is 5.75 Å². The van der Waals surface area contributed by atoms with Gasteiger partial charge in [-0.3, -0.25) is 4.79 Å². The van der Waals surface area contributed by atoms with E-state index >= 15 is 0 Å². The van der Waals surface area contributed by atoms with Crippen molar-refractivity contribution in [2.24, 2.45) is 0 Å². The molecule has 9 heteroatoms. The summed E-state index contributed by atoms with van der Waals surface area (Å²) in [5.74, 6) is -0.664. The predicted octanol–water partition coefficient (Wildman–Crippen LogP) is 3.67. The van der Waals surface area contributed by atoms with Crippen molar-refractivity contribution in [3.8, 4) is 5.75 Å². The van der Waals surface area contributed by atoms with Gasteiger partial charge in [0.15, 0.2) is 6.61 Å². The van der Waals surface area contributed by atoms with E-state index in [1.54, 1.807) is 38.1 Å². The molecule has 0 bridgehead atoms. The summed E-state index contributed by atoms with van der Waals surface area (Å²) >= 11 is 0. The molecule has 0 heterocycles. The molecule has 0 aliphatic rings. The molecule has 0 atom stereocenters. The van der Waals surface area contributed by atoms with E-state index in [4.69, 9.17) is 9.47 Å². The van der Waals surface area contributed by atoms with Crippen LogP contribution in [0.1, 0.15) is 28.4 Å². The lowest BCUT2D eigenvalue weighted by molar-refractivity contribution is -0.119. The zero-order valence-corrected chi connectivity index (χ0v) is 19.7. The van der Waals surface area contributed by atoms with Gasteiger partial charge in [-0.15, -0.1) is 0 Å². The number of aryl methyl sites for hydroxylation is 1. The maximum absolute atomic E-state index is 12.5. The molecule has 34 heavy (non-hydrogen) atoms. The molecule has 3 aromatic carbocycles. The third kappa shape index (κ3) is 6.90. The highest BCUT2D eigenvalue weighted by molar-refractivity contribution is 7.89. The quantitative estimate of drug-likeness (QED) is 0.427. The summed E-state index contributed by atoms with van der Waals surface area (Å²) in [6.07, 6.45) is 0. The summed E-state index contributed by atoms with van der Waals surface area (Å²) in [6.45, 7) is 3.44. The van der Waals surface area contributed by atoms with Crippen molar-refractivity contribution in [2.45, 2.75) is 25.3 Å². The maximum atomic E-state index is 12.5. The fraction of sp³-hybridized carbons (Fsp3) is 0.200. The molecule has 3 rings (SSSR count). The number of carbonyl (C=O) groups is 2. The summed E-state index contributed by atoms with van der Waals surface area (Å²) < 4.78 is 37.5. The lowest BCUT2D eigenvalue weighted by Crippen LogP contribution is -2.24. The fourth-order valence-corrected chi connectivity index (χ4v) is 4.11. The van der Waals surface area contributed by atoms with Crippen LogP contribution in [0, 0.1) is 6.92 Å². The Kier molecular flexibility index (Phi) is 8.39. The van der Waals surface area contributed by atoms with Crippen molar-refractivity contribution >= 4 is 27.6 Å². The summed E-state index contributed by atoms with van der Waals surface area (Å²) in [4.78, 5) is 24.6. The van der Waals surface area contributed by atoms with Crippen molar-refractivity contribution in [3.63, 3.8) is 0 Å². The molecule has 0 aliphatic heterocycles. The number of anilines is 1. The van der Waals surface area contributed by atoms with Crippen LogP contribution in [0.3, 0.4) is 0 Å². The number of amides is 1. The van der Waals surface area contributed by atoms with Gasteiger partial charge in [-0.1, -0.05) is 43.3 Å². The van der Waals surface area contributed by atoms with E-state index in [1.807, 2.05) is 30.3 Å². The average Bonchev–Trinajstić information content (AvgIpc) is 2.83. The number of ether oxygens (including phenoxy) is 2. The molecule has 2 N–H and O–H groups in total. The average molecular weight is 483 g/mol. The van der Waals surface area contributed by atoms with E-state index in [-0.39, 0.29) is 17.0 Å². The van der Waals surface area contributed by atoms with E-state index in [9.17, 15) is 18.0 Å². The van der Waals surface area contributed by atoms with Gasteiger partial charge < -0.3 is 14.8 Å². The molecule has 0 radical (unpaired) electrons. The van der Waals surface area contributed by atoms with Crippen molar-refractivity contribution in [3.05, 3.63) is 89.5 Å². The summed E-state index contributed by atoms with van der Waals surface area (Å²) in [6, 6.07) is 20.7. The molecule has 0 spiro atoms. The van der Waals surface area contributed by atoms with Crippen LogP contribution in [-0.2, 0) is 26.2 Å². The second-order valence-electron chi connectivity index (χ2n) is 7.40. The fourth-order valence-electron chi connectivity index (χ4n) is 3.04. The minimum atomic E-state index is -3.73. The zero-order chi connectivity index (χ0) is 24.6. The number of esters is 1. The first kappa shape index (κ1) is 24.9. The molecule has 0 saturated carbocycles. The van der Waals surface area contributed by atoms with Crippen molar-refractivity contribution < 1.29 is 27.5 Å². The number of sulfonamides is 1. The van der Waals surface area contributed by atoms with Crippen LogP contribution in [0.15, 0.2) is 77.7 Å². The Labute approximate surface area is 199 Å². The normalized spacial score (nSPS) is 11.0. The second kappa shape index (κ2) is 11.4. The number of carbonyl (C=O) groups excluding carboxylic acids is 2. The lowest BCUT2D eigenvalue weighted by atomic mass is 10.1. The minimum Gasteiger partial charge on any atom is -0.489 e. The Hall–Kier alpha value is -3.69. The molecule has 0 saturated heterocycles. The van der Waals surface area contributed by atoms with Gasteiger partial charge in [-0.05, 0) is 54.4 Å². The van der Waals surface area contributed by atoms with Crippen molar-refractivity contribution in [1.29, 1.82) is 0 Å². The van der Waals surface area contributed by atoms with Crippen LogP contribution in [-0.4, -0.2) is 33.4 Å². The van der Waals surface area contributed by atoms with Crippen molar-refractivity contribution in [2.75, 3.05) is 18.5 Å². The third-order valence-electron chi connectivity index (χ3n) is 4.79. The molecule has 0 aliphatic carbocycles. The Morgan fingerprint density at radius 3 is 2.32 bits per heavy atom. The summed E-state index contributed by atoms with van der Waals surface area (Å²) in [5.41, 5.74) is 2.17. The van der Waals surface area contributed by atoms with E-state index in [2.05, 4.69) is 10.0 Å². The van der Waals surface area contributed by atoms with Gasteiger partial charge >= 0.3 is 5.97 Å². The highest BCUT2D eigenvalue weighted by Gasteiger charge is 2.19. The van der Waals surface area contributed by atoms with E-state index < -0.39 is 28.5 Å². The van der Waals surface area contributed by atoms with Crippen LogP contribution < -0.4 is 14.8 Å². The topological polar surface area (TPSA) is 111 Å². The Morgan fingerprint density at radius 1 is 0.941 bits per heavy atom. The number of hydrogen-bond donors (Lipinski definition) is 2. The van der Waals surface area contributed by atoms with Gasteiger partial charge in [-0.25, -0.2) is 17.9 Å². The van der Waals surface area contributed by atoms with Gasteiger partial charge in [-0.2, -0.15) is 0 Å². The maximum Gasteiger partial charge on any atom is 0.338 e. The molecular weight excluding hydrogens is 456 g/mol. The van der Waals surface area contributed by atoms with Crippen LogP contribution in [0.25, 0.3) is 0 Å². The van der Waals surface area contributed by atoms with E-state index in [1.165, 1.54) is 18.2 Å². The first-order valence-corrected chi connectivity index (χ1v) is 12.1. The molecule has 0 unspecified atom stereocenters. The standard InChI is InChI=1S/C25H26N2O6S/c1-3-26-34(30,31)22-14-9-18(2)23(15-22)25(29)33-17-24(28)27-20-10-12-21(13-11-20)32-16-19-7-5-4-6-8-19/h4-15,26H,3,16-17H2,1-2H3,(H,27,28). The summed E-state index contributed by atoms with van der Waals surface area (Å²) in [7, 11) is -3.73. The minimum absolute atomic E-state index is 0.0501. The Balaban J connectivity index is 1.53. The third-order valence-corrected chi connectivity index (χ3v) is 6.34. The Bertz CT molecular complexity index is 1240. The molecule has 0 aromatic heterocycles. The predicted molar refractivity (Wildman–Crippen MR) is 128 cm³/mol. The Morgan fingerprint density at radius 2 is 1.65 bits per heavy atom. The first-order valence-electron chi connectivity index (χ1n) is 10.6. The van der Waals surface area contributed by atoms with E-state index in [0.717, 1.165) is 5.56 Å². The molecule has 3 aromatic rings. The SMILES string of the molecule is CCNS(=O)(=O)c1ccc(C)c(C(=O)OCC(=O)Nc2ccc(OCc3ccccc3)cc2)c1. The smallest absolute Gasteiger partial charge is 0.338 e. The van der Waals surface area contributed by atoms with Gasteiger partial charge in [0.2, 0.25) is 10.0 Å². The molecular formula is C25H26N2O6S. The van der Waals surface area contributed by atoms with Crippen LogP contribution in [0.4, 0.5) is 5.69 Å². The molecule has 0 fully saturated rings. The van der Waals surface area contributed by atoms with Crippen molar-refractivity contribution in [1.82, 2.24) is 4.72 Å². The monoisotopic (exact) mass is 482 g/mol. The number of hydrogen-bond acceptors (Lipinski definition) is 6. The van der Waals surface area contributed by atoms with Gasteiger partial charge in [0.25, 0.3) is 5.91 Å². The molecule has 178 valence electrons. The van der Waals surface area contributed by atoms with Crippen LogP contribution in [0.2, 0.25) is 0 Å². The number of nitrogens with one attached hydrogen (secondary N) is 2. The number of rotatable bonds is 10. The highest BCUT2D eigenvalue weighted by atomic mass is 32.2. The lowest BCUT2D eigenvalue weighted by Gasteiger charge is -2.11. The molecule has 8 nitrogen and oxygen atoms in total. The van der Waals surface area contributed by atoms with Gasteiger partial charge in [0.05, 0.1) is 10.5 Å². The second-order valence-corrected chi connectivity index (χ2v) is 9.17. The highest BCUT2D eigenvalue weighted by Crippen LogP contribution is 2.18. The van der Waals surface area contributed by atoms with Crippen LogP contribution >= 0.6 is 0 Å². The summed E-state index contributed by atoms with van der Waals surface area (Å²) in [5, 5.41) is 2.64. The molecule has 1 amide bonds. The van der Waals surface area contributed by atoms with E-state index in [0.29, 0.717) is 23.6 Å². The first-order chi connectivity index (χ1) is 16.3. The zero-order valence-electron chi connectivity index (χ0n) is 18.9. The van der Waals surface area contributed by atoms with Gasteiger partial charge in [0, 0.05) is 12.2 Å². The number of benzene rings is 3. The largest absolute Gasteiger partial charge is 0.489 e. The van der Waals surface area contributed by atoms with Gasteiger partial charge in [0.1, 0.15) is 12.4 Å².